The Hall–Kier alpha value is -3.49. The number of nitrogens with two attached hydrogens (primary N) is 1. The van der Waals surface area contributed by atoms with Gasteiger partial charge in [0.15, 0.2) is 5.16 Å². The number of hydrogen-bond acceptors (Lipinski definition) is 8. The second-order valence-electron chi connectivity index (χ2n) is 6.84. The third-order valence-electron chi connectivity index (χ3n) is 4.45. The minimum Gasteiger partial charge on any atom is -0.319 e. The van der Waals surface area contributed by atoms with E-state index in [0.717, 1.165) is 18.2 Å². The lowest BCUT2D eigenvalue weighted by Crippen LogP contribution is -2.42. The number of aromatic nitrogens is 2. The maximum absolute atomic E-state index is 12.2. The normalized spacial score (nSPS) is 11.3. The van der Waals surface area contributed by atoms with Gasteiger partial charge in [-0.2, -0.15) is 0 Å². The van der Waals surface area contributed by atoms with Crippen LogP contribution in [0.1, 0.15) is 23.7 Å². The zero-order valence-electron chi connectivity index (χ0n) is 17.3. The molecule has 3 rings (SSSR count). The number of aryl methyl sites for hydroxylation is 1. The van der Waals surface area contributed by atoms with Crippen molar-refractivity contribution in [2.24, 2.45) is 5.14 Å². The first kappa shape index (κ1) is 24.2. The van der Waals surface area contributed by atoms with E-state index in [1.807, 2.05) is 11.5 Å². The molecule has 2 aromatic carbocycles. The van der Waals surface area contributed by atoms with E-state index in [-0.39, 0.29) is 21.9 Å². The molecule has 14 heteroatoms. The van der Waals surface area contributed by atoms with Crippen molar-refractivity contribution in [3.63, 3.8) is 0 Å². The maximum atomic E-state index is 12.2. The minimum absolute atomic E-state index is 0.0561. The van der Waals surface area contributed by atoms with Gasteiger partial charge in [-0.1, -0.05) is 18.7 Å². The van der Waals surface area contributed by atoms with Crippen LogP contribution in [-0.4, -0.2) is 40.5 Å². The molecule has 174 valence electrons. The van der Waals surface area contributed by atoms with Crippen LogP contribution in [0.5, 0.6) is 0 Å². The van der Waals surface area contributed by atoms with Crippen molar-refractivity contribution in [1.29, 1.82) is 0 Å². The molecule has 0 aliphatic rings. The highest BCUT2D eigenvalue weighted by Crippen LogP contribution is 2.26. The number of carbonyl (C=O) groups excluding carboxylic acids is 2. The van der Waals surface area contributed by atoms with Gasteiger partial charge in [0.2, 0.25) is 15.9 Å². The number of nitrogens with zero attached hydrogens (tertiary/aromatic N) is 3. The Morgan fingerprint density at radius 3 is 2.48 bits per heavy atom. The molecule has 0 atom stereocenters. The van der Waals surface area contributed by atoms with Gasteiger partial charge in [0, 0.05) is 24.2 Å². The Bertz CT molecular complexity index is 1320. The number of amides is 2. The molecule has 0 saturated heterocycles. The Balaban J connectivity index is 1.65. The number of benzene rings is 2. The van der Waals surface area contributed by atoms with Crippen LogP contribution in [0.15, 0.2) is 52.5 Å². The first-order valence-electron chi connectivity index (χ1n) is 9.59. The molecule has 0 aliphatic carbocycles. The van der Waals surface area contributed by atoms with Crippen molar-refractivity contribution < 1.29 is 22.9 Å². The van der Waals surface area contributed by atoms with E-state index >= 15 is 0 Å². The number of imidazole rings is 1. The van der Waals surface area contributed by atoms with Crippen molar-refractivity contribution >= 4 is 50.3 Å². The SMILES string of the molecule is CCCn1c(SCC(=O)NNC(=O)c2ccc([N+](=O)[O-])cc2)nc2cc(S(N)(=O)=O)ccc21. The van der Waals surface area contributed by atoms with Crippen LogP contribution in [0.4, 0.5) is 5.69 Å². The van der Waals surface area contributed by atoms with Gasteiger partial charge >= 0.3 is 0 Å². The van der Waals surface area contributed by atoms with Crippen LogP contribution in [0.2, 0.25) is 0 Å². The van der Waals surface area contributed by atoms with E-state index in [1.54, 1.807) is 6.07 Å². The molecule has 12 nitrogen and oxygen atoms in total. The number of nitro benzene ring substituents is 1. The van der Waals surface area contributed by atoms with Crippen LogP contribution in [0.3, 0.4) is 0 Å². The number of carbonyl (C=O) groups is 2. The van der Waals surface area contributed by atoms with E-state index in [1.165, 1.54) is 36.4 Å². The predicted molar refractivity (Wildman–Crippen MR) is 121 cm³/mol. The Labute approximate surface area is 192 Å². The third-order valence-corrected chi connectivity index (χ3v) is 6.34. The number of hydrogen-bond donors (Lipinski definition) is 3. The summed E-state index contributed by atoms with van der Waals surface area (Å²) in [4.78, 5) is 38.8. The molecule has 0 unspecified atom stereocenters. The van der Waals surface area contributed by atoms with Gasteiger partial charge in [-0.15, -0.1) is 0 Å². The van der Waals surface area contributed by atoms with E-state index in [0.29, 0.717) is 22.7 Å². The van der Waals surface area contributed by atoms with Gasteiger partial charge in [0.05, 0.1) is 26.6 Å². The van der Waals surface area contributed by atoms with Crippen molar-refractivity contribution in [3.8, 4) is 0 Å². The largest absolute Gasteiger partial charge is 0.319 e. The van der Waals surface area contributed by atoms with E-state index in [4.69, 9.17) is 5.14 Å². The highest BCUT2D eigenvalue weighted by molar-refractivity contribution is 7.99. The quantitative estimate of drug-likeness (QED) is 0.241. The fourth-order valence-corrected chi connectivity index (χ4v) is 4.29. The standard InChI is InChI=1S/C19H20N6O6S2/c1-2-9-24-16-8-7-14(33(20,30)31)10-15(16)21-19(24)32-11-17(26)22-23-18(27)12-3-5-13(6-4-12)25(28)29/h3-8,10H,2,9,11H2,1H3,(H,22,26)(H,23,27)(H2,20,30,31). The van der Waals surface area contributed by atoms with Crippen LogP contribution in [0.25, 0.3) is 11.0 Å². The topological polar surface area (TPSA) is 179 Å². The van der Waals surface area contributed by atoms with Gasteiger partial charge in [-0.05, 0) is 36.8 Å². The molecule has 2 amide bonds. The molecule has 1 aromatic heterocycles. The molecule has 0 saturated carbocycles. The molecular weight excluding hydrogens is 472 g/mol. The molecule has 1 heterocycles. The van der Waals surface area contributed by atoms with Gasteiger partial charge in [-0.3, -0.25) is 30.6 Å². The summed E-state index contributed by atoms with van der Waals surface area (Å²) in [6.45, 7) is 2.57. The van der Waals surface area contributed by atoms with Crippen molar-refractivity contribution in [2.45, 2.75) is 29.9 Å². The molecule has 0 fully saturated rings. The molecular formula is C19H20N6O6S2. The van der Waals surface area contributed by atoms with Crippen LogP contribution < -0.4 is 16.0 Å². The summed E-state index contributed by atoms with van der Waals surface area (Å²) in [5.74, 6) is -1.21. The fraction of sp³-hybridized carbons (Fsp3) is 0.211. The first-order valence-corrected chi connectivity index (χ1v) is 12.1. The molecule has 4 N–H and O–H groups in total. The van der Waals surface area contributed by atoms with Crippen molar-refractivity contribution in [2.75, 3.05) is 5.75 Å². The Morgan fingerprint density at radius 1 is 1.18 bits per heavy atom. The molecule has 0 bridgehead atoms. The zero-order valence-corrected chi connectivity index (χ0v) is 19.0. The number of nitro groups is 1. The van der Waals surface area contributed by atoms with Crippen molar-refractivity contribution in [3.05, 3.63) is 58.1 Å². The highest BCUT2D eigenvalue weighted by atomic mass is 32.2. The number of rotatable bonds is 8. The van der Waals surface area contributed by atoms with Crippen LogP contribution >= 0.6 is 11.8 Å². The second-order valence-corrected chi connectivity index (χ2v) is 9.34. The smallest absolute Gasteiger partial charge is 0.269 e. The molecule has 0 radical (unpaired) electrons. The molecule has 33 heavy (non-hydrogen) atoms. The molecule has 0 spiro atoms. The average molecular weight is 493 g/mol. The average Bonchev–Trinajstić information content (AvgIpc) is 3.12. The number of hydrazine groups is 1. The summed E-state index contributed by atoms with van der Waals surface area (Å²) >= 11 is 1.12. The number of fused-ring (bicyclic) bond motifs is 1. The van der Waals surface area contributed by atoms with E-state index in [9.17, 15) is 28.1 Å². The monoisotopic (exact) mass is 492 g/mol. The summed E-state index contributed by atoms with van der Waals surface area (Å²) < 4.78 is 25.1. The van der Waals surface area contributed by atoms with E-state index in [2.05, 4.69) is 15.8 Å². The summed E-state index contributed by atoms with van der Waals surface area (Å²) in [5.41, 5.74) is 5.65. The predicted octanol–water partition coefficient (Wildman–Crippen LogP) is 1.56. The van der Waals surface area contributed by atoms with Gasteiger partial charge in [-0.25, -0.2) is 18.5 Å². The maximum Gasteiger partial charge on any atom is 0.269 e. The highest BCUT2D eigenvalue weighted by Gasteiger charge is 2.16. The van der Waals surface area contributed by atoms with Crippen molar-refractivity contribution in [1.82, 2.24) is 20.4 Å². The fourth-order valence-electron chi connectivity index (χ4n) is 2.91. The second kappa shape index (κ2) is 9.97. The number of nitrogens with one attached hydrogen (secondary N) is 2. The number of non-ortho nitro benzene ring substituents is 1. The van der Waals surface area contributed by atoms with Gasteiger partial charge < -0.3 is 4.57 Å². The van der Waals surface area contributed by atoms with Gasteiger partial charge in [0.1, 0.15) is 0 Å². The summed E-state index contributed by atoms with van der Waals surface area (Å²) in [6, 6.07) is 9.32. The summed E-state index contributed by atoms with van der Waals surface area (Å²) in [5, 5.41) is 16.4. The van der Waals surface area contributed by atoms with E-state index < -0.39 is 26.8 Å². The van der Waals surface area contributed by atoms with Gasteiger partial charge in [0.25, 0.3) is 11.6 Å². The number of sulfonamides is 1. The molecule has 0 aliphatic heterocycles. The Morgan fingerprint density at radius 2 is 1.88 bits per heavy atom. The minimum atomic E-state index is -3.87. The third kappa shape index (κ3) is 5.85. The summed E-state index contributed by atoms with van der Waals surface area (Å²) in [6.07, 6.45) is 0.785. The van der Waals surface area contributed by atoms with Crippen LogP contribution in [0, 0.1) is 10.1 Å². The lowest BCUT2D eigenvalue weighted by molar-refractivity contribution is -0.384. The molecule has 3 aromatic rings. The lowest BCUT2D eigenvalue weighted by Gasteiger charge is -2.09. The Kier molecular flexibility index (Phi) is 7.30. The number of primary sulfonamides is 1. The van der Waals surface area contributed by atoms with Crippen LogP contribution in [-0.2, 0) is 21.4 Å². The lowest BCUT2D eigenvalue weighted by atomic mass is 10.2. The number of thioether (sulfide) groups is 1. The zero-order chi connectivity index (χ0) is 24.2. The first-order chi connectivity index (χ1) is 15.6. The summed E-state index contributed by atoms with van der Waals surface area (Å²) in [7, 11) is -3.87.